The quantitative estimate of drug-likeness (QED) is 0.589. The molecule has 0 fully saturated rings. The van der Waals surface area contributed by atoms with Crippen LogP contribution in [0.3, 0.4) is 0 Å². The molecule has 1 aliphatic heterocycles. The van der Waals surface area contributed by atoms with Crippen molar-refractivity contribution in [2.24, 2.45) is 0 Å². The molecule has 0 aliphatic carbocycles. The van der Waals surface area contributed by atoms with E-state index in [-0.39, 0.29) is 12.4 Å². The summed E-state index contributed by atoms with van der Waals surface area (Å²) in [6.07, 6.45) is 0. The van der Waals surface area contributed by atoms with Crippen LogP contribution < -0.4 is 5.46 Å². The smallest absolute Gasteiger partial charge is 0.423 e. The monoisotopic (exact) mass is 244 g/mol. The van der Waals surface area contributed by atoms with Gasteiger partial charge in [0.15, 0.2) is 0 Å². The lowest BCUT2D eigenvalue weighted by Crippen LogP contribution is -2.28. The van der Waals surface area contributed by atoms with Gasteiger partial charge in [-0.15, -0.1) is 0 Å². The minimum absolute atomic E-state index is 0.256. The zero-order valence-corrected chi connectivity index (χ0v) is 8.34. The summed E-state index contributed by atoms with van der Waals surface area (Å²) in [5, 5.41) is 9.78. The Balaban J connectivity index is 2.51. The maximum absolute atomic E-state index is 13.2. The fourth-order valence-electron chi connectivity index (χ4n) is 1.39. The molecule has 1 N–H and O–H groups in total. The Kier molecular flexibility index (Phi) is 2.40. The maximum Gasteiger partial charge on any atom is 0.491 e. The summed E-state index contributed by atoms with van der Waals surface area (Å²) in [6.45, 7) is 0.288. The van der Waals surface area contributed by atoms with E-state index in [2.05, 4.69) is 15.9 Å². The van der Waals surface area contributed by atoms with Gasteiger partial charge >= 0.3 is 7.12 Å². The summed E-state index contributed by atoms with van der Waals surface area (Å²) < 4.78 is 18.2. The molecule has 5 heteroatoms. The van der Waals surface area contributed by atoms with E-state index in [1.54, 1.807) is 6.07 Å². The summed E-state index contributed by atoms with van der Waals surface area (Å²) in [5.74, 6) is -0.256. The molecule has 0 radical (unpaired) electrons. The summed E-state index contributed by atoms with van der Waals surface area (Å²) in [6, 6.07) is 3.05. The highest BCUT2D eigenvalue weighted by Gasteiger charge is 2.28. The minimum Gasteiger partial charge on any atom is -0.423 e. The number of hydrogen-bond acceptors (Lipinski definition) is 2. The van der Waals surface area contributed by atoms with Crippen LogP contribution in [0.5, 0.6) is 0 Å². The molecule has 0 spiro atoms. The van der Waals surface area contributed by atoms with Crippen molar-refractivity contribution in [3.63, 3.8) is 0 Å². The third-order valence-electron chi connectivity index (χ3n) is 2.11. The van der Waals surface area contributed by atoms with Gasteiger partial charge in [0.2, 0.25) is 0 Å². The molecule has 0 saturated carbocycles. The Labute approximate surface area is 84.0 Å². The van der Waals surface area contributed by atoms with E-state index in [1.165, 1.54) is 6.07 Å². The van der Waals surface area contributed by atoms with Crippen molar-refractivity contribution in [1.29, 1.82) is 0 Å². The lowest BCUT2D eigenvalue weighted by molar-refractivity contribution is 0.275. The van der Waals surface area contributed by atoms with Gasteiger partial charge in [0, 0.05) is 5.33 Å². The van der Waals surface area contributed by atoms with Gasteiger partial charge in [0.25, 0.3) is 0 Å². The Bertz CT molecular complexity index is 345. The van der Waals surface area contributed by atoms with Crippen LogP contribution in [0, 0.1) is 5.82 Å². The first-order chi connectivity index (χ1) is 6.22. The first kappa shape index (κ1) is 9.18. The number of fused-ring (bicyclic) bond motifs is 1. The van der Waals surface area contributed by atoms with Crippen molar-refractivity contribution in [1.82, 2.24) is 0 Å². The number of hydrogen-bond donors (Lipinski definition) is 1. The Morgan fingerprint density at radius 2 is 2.38 bits per heavy atom. The third kappa shape index (κ3) is 1.52. The molecule has 1 aromatic rings. The zero-order chi connectivity index (χ0) is 9.42. The highest BCUT2D eigenvalue weighted by atomic mass is 79.9. The average Bonchev–Trinajstić information content (AvgIpc) is 2.46. The van der Waals surface area contributed by atoms with E-state index in [4.69, 9.17) is 4.65 Å². The fraction of sp³-hybridized carbons (Fsp3) is 0.250. The summed E-state index contributed by atoms with van der Waals surface area (Å²) >= 11 is 3.17. The van der Waals surface area contributed by atoms with Crippen LogP contribution in [0.25, 0.3) is 0 Å². The van der Waals surface area contributed by atoms with Crippen LogP contribution in [-0.4, -0.2) is 12.1 Å². The molecule has 0 unspecified atom stereocenters. The van der Waals surface area contributed by atoms with Crippen LogP contribution in [0.4, 0.5) is 4.39 Å². The summed E-state index contributed by atoms with van der Waals surface area (Å²) in [4.78, 5) is 0. The Morgan fingerprint density at radius 1 is 1.62 bits per heavy atom. The van der Waals surface area contributed by atoms with Gasteiger partial charge in [0.05, 0.1) is 6.61 Å². The van der Waals surface area contributed by atoms with Gasteiger partial charge < -0.3 is 9.68 Å². The van der Waals surface area contributed by atoms with E-state index in [1.807, 2.05) is 0 Å². The van der Waals surface area contributed by atoms with Crippen molar-refractivity contribution in [2.75, 3.05) is 0 Å². The molecular weight excluding hydrogens is 238 g/mol. The lowest BCUT2D eigenvalue weighted by Gasteiger charge is -2.02. The average molecular weight is 245 g/mol. The second kappa shape index (κ2) is 3.40. The molecule has 13 heavy (non-hydrogen) atoms. The van der Waals surface area contributed by atoms with Gasteiger partial charge in [-0.2, -0.15) is 0 Å². The van der Waals surface area contributed by atoms with Crippen LogP contribution >= 0.6 is 15.9 Å². The molecule has 2 nitrogen and oxygen atoms in total. The number of rotatable bonds is 1. The topological polar surface area (TPSA) is 29.5 Å². The predicted octanol–water partition coefficient (Wildman–Crippen LogP) is 0.938. The molecule has 1 aromatic carbocycles. The van der Waals surface area contributed by atoms with Crippen molar-refractivity contribution in [3.05, 3.63) is 29.1 Å². The number of benzene rings is 1. The Hall–Kier alpha value is -0.385. The Morgan fingerprint density at radius 3 is 3.08 bits per heavy atom. The van der Waals surface area contributed by atoms with Gasteiger partial charge in [-0.25, -0.2) is 4.39 Å². The maximum atomic E-state index is 13.2. The molecule has 0 bridgehead atoms. The largest absolute Gasteiger partial charge is 0.491 e. The molecule has 1 aliphatic rings. The van der Waals surface area contributed by atoms with Gasteiger partial charge in [0.1, 0.15) is 5.82 Å². The number of halogens is 2. The summed E-state index contributed by atoms with van der Waals surface area (Å²) in [5.41, 5.74) is 1.95. The molecule has 0 saturated heterocycles. The first-order valence-corrected chi connectivity index (χ1v) is 5.01. The molecule has 0 aromatic heterocycles. The van der Waals surface area contributed by atoms with E-state index in [0.29, 0.717) is 16.4 Å². The zero-order valence-electron chi connectivity index (χ0n) is 6.76. The SMILES string of the molecule is OB1OCc2cc(F)c(CBr)cc21. The highest BCUT2D eigenvalue weighted by Crippen LogP contribution is 2.16. The number of alkyl halides is 1. The molecule has 0 amide bonds. The highest BCUT2D eigenvalue weighted by molar-refractivity contribution is 9.08. The minimum atomic E-state index is -0.895. The van der Waals surface area contributed by atoms with E-state index < -0.39 is 7.12 Å². The van der Waals surface area contributed by atoms with E-state index >= 15 is 0 Å². The fourth-order valence-corrected chi connectivity index (χ4v) is 1.82. The molecule has 2 rings (SSSR count). The van der Waals surface area contributed by atoms with Crippen LogP contribution in [-0.2, 0) is 16.6 Å². The molecule has 0 atom stereocenters. The van der Waals surface area contributed by atoms with Gasteiger partial charge in [-0.3, -0.25) is 0 Å². The second-order valence-corrected chi connectivity index (χ2v) is 3.50. The van der Waals surface area contributed by atoms with Crippen LogP contribution in [0.2, 0.25) is 0 Å². The predicted molar refractivity (Wildman–Crippen MR) is 51.4 cm³/mol. The van der Waals surface area contributed by atoms with E-state index in [0.717, 1.165) is 5.56 Å². The summed E-state index contributed by atoms with van der Waals surface area (Å²) in [7, 11) is -0.895. The van der Waals surface area contributed by atoms with Crippen molar-refractivity contribution >= 4 is 28.5 Å². The standard InChI is InChI=1S/C8H7BBrFO2/c10-3-5-1-7-6(2-8(5)11)4-13-9(7)12/h1-2,12H,3-4H2. The van der Waals surface area contributed by atoms with Crippen LogP contribution in [0.1, 0.15) is 11.1 Å². The molecular formula is C8H7BBrFO2. The third-order valence-corrected chi connectivity index (χ3v) is 2.72. The lowest BCUT2D eigenvalue weighted by atomic mass is 9.79. The molecule has 68 valence electrons. The van der Waals surface area contributed by atoms with Crippen molar-refractivity contribution in [2.45, 2.75) is 11.9 Å². The van der Waals surface area contributed by atoms with Crippen molar-refractivity contribution in [3.8, 4) is 0 Å². The molecule has 1 heterocycles. The van der Waals surface area contributed by atoms with Crippen molar-refractivity contribution < 1.29 is 14.1 Å². The van der Waals surface area contributed by atoms with Gasteiger partial charge in [-0.1, -0.05) is 22.0 Å². The first-order valence-electron chi connectivity index (χ1n) is 3.89. The van der Waals surface area contributed by atoms with Gasteiger partial charge in [-0.05, 0) is 22.7 Å². The van der Waals surface area contributed by atoms with E-state index in [9.17, 15) is 9.41 Å². The normalized spacial score (nSPS) is 14.8. The van der Waals surface area contributed by atoms with Crippen LogP contribution in [0.15, 0.2) is 12.1 Å². The second-order valence-electron chi connectivity index (χ2n) is 2.94.